The van der Waals surface area contributed by atoms with E-state index in [9.17, 15) is 4.79 Å². The highest BCUT2D eigenvalue weighted by Gasteiger charge is 2.14. The number of rotatable bonds is 5. The van der Waals surface area contributed by atoms with Gasteiger partial charge in [0.25, 0.3) is 5.19 Å². The van der Waals surface area contributed by atoms with Gasteiger partial charge in [0, 0.05) is 5.02 Å². The second-order valence-corrected chi connectivity index (χ2v) is 6.38. The molecular formula is C17H14ClNO4S. The minimum Gasteiger partial charge on any atom is -0.479 e. The number of ether oxygens (including phenoxy) is 3. The molecule has 24 heavy (non-hydrogen) atoms. The fraction of sp³-hybridized carbons (Fsp3) is 0.176. The van der Waals surface area contributed by atoms with E-state index in [2.05, 4.69) is 9.72 Å². The van der Waals surface area contributed by atoms with Gasteiger partial charge >= 0.3 is 5.97 Å². The van der Waals surface area contributed by atoms with E-state index in [1.54, 1.807) is 37.3 Å². The summed E-state index contributed by atoms with van der Waals surface area (Å²) in [5, 5.41) is 1.20. The van der Waals surface area contributed by atoms with Gasteiger partial charge in [-0.2, -0.15) is 0 Å². The van der Waals surface area contributed by atoms with Crippen LogP contribution < -0.4 is 9.47 Å². The number of carbonyl (C=O) groups is 1. The van der Waals surface area contributed by atoms with E-state index >= 15 is 0 Å². The molecule has 1 atom stereocenters. The Hall–Kier alpha value is -2.31. The lowest BCUT2D eigenvalue weighted by Gasteiger charge is -2.12. The normalized spacial score (nSPS) is 12.0. The summed E-state index contributed by atoms with van der Waals surface area (Å²) in [6.45, 7) is 1.63. The fourth-order valence-corrected chi connectivity index (χ4v) is 3.14. The van der Waals surface area contributed by atoms with Crippen LogP contribution in [0.2, 0.25) is 5.02 Å². The van der Waals surface area contributed by atoms with Crippen molar-refractivity contribution in [2.75, 3.05) is 7.11 Å². The lowest BCUT2D eigenvalue weighted by molar-refractivity contribution is -0.147. The van der Waals surface area contributed by atoms with E-state index in [1.165, 1.54) is 18.4 Å². The number of fused-ring (bicyclic) bond motifs is 1. The Labute approximate surface area is 147 Å². The largest absolute Gasteiger partial charge is 0.479 e. The number of thiazole rings is 1. The molecule has 0 N–H and O–H groups in total. The summed E-state index contributed by atoms with van der Waals surface area (Å²) >= 11 is 7.39. The molecule has 0 aliphatic heterocycles. The Morgan fingerprint density at radius 3 is 2.58 bits per heavy atom. The van der Waals surface area contributed by atoms with Crippen molar-refractivity contribution in [3.05, 3.63) is 47.5 Å². The molecule has 124 valence electrons. The number of carbonyl (C=O) groups excluding carboxylic acids is 1. The first-order valence-corrected chi connectivity index (χ1v) is 8.33. The zero-order chi connectivity index (χ0) is 17.1. The maximum atomic E-state index is 11.3. The van der Waals surface area contributed by atoms with Gasteiger partial charge in [-0.15, -0.1) is 0 Å². The molecule has 5 nitrogen and oxygen atoms in total. The molecule has 1 aromatic heterocycles. The molecule has 0 amide bonds. The smallest absolute Gasteiger partial charge is 0.346 e. The summed E-state index contributed by atoms with van der Waals surface area (Å²) in [6, 6.07) is 12.4. The van der Waals surface area contributed by atoms with Gasteiger partial charge in [0.15, 0.2) is 6.10 Å². The molecular weight excluding hydrogens is 350 g/mol. The number of esters is 1. The summed E-state index contributed by atoms with van der Waals surface area (Å²) in [5.74, 6) is 0.748. The predicted molar refractivity (Wildman–Crippen MR) is 93.3 cm³/mol. The van der Waals surface area contributed by atoms with Gasteiger partial charge in [-0.1, -0.05) is 22.9 Å². The molecule has 0 saturated heterocycles. The van der Waals surface area contributed by atoms with E-state index in [4.69, 9.17) is 21.1 Å². The Morgan fingerprint density at radius 1 is 1.17 bits per heavy atom. The average molecular weight is 364 g/mol. The first-order valence-electron chi connectivity index (χ1n) is 7.13. The number of hydrogen-bond acceptors (Lipinski definition) is 6. The second kappa shape index (κ2) is 7.07. The van der Waals surface area contributed by atoms with Gasteiger partial charge in [-0.05, 0) is 49.4 Å². The standard InChI is InChI=1S/C17H14ClNO4S/c1-10(16(20)21-2)22-12-4-6-13(7-5-12)23-17-19-14-8-3-11(18)9-15(14)24-17/h3-10H,1-2H3/t10-/m1/s1. The van der Waals surface area contributed by atoms with Crippen molar-refractivity contribution in [1.82, 2.24) is 4.98 Å². The highest BCUT2D eigenvalue weighted by Crippen LogP contribution is 2.33. The van der Waals surface area contributed by atoms with Crippen molar-refractivity contribution < 1.29 is 19.0 Å². The molecule has 0 spiro atoms. The monoisotopic (exact) mass is 363 g/mol. The number of halogens is 1. The summed E-state index contributed by atoms with van der Waals surface area (Å²) in [6.07, 6.45) is -0.671. The summed E-state index contributed by atoms with van der Waals surface area (Å²) in [5.41, 5.74) is 0.839. The van der Waals surface area contributed by atoms with Gasteiger partial charge in [0.05, 0.1) is 17.3 Å². The SMILES string of the molecule is COC(=O)[C@@H](C)Oc1ccc(Oc2nc3ccc(Cl)cc3s2)cc1. The highest BCUT2D eigenvalue weighted by atomic mass is 35.5. The summed E-state index contributed by atoms with van der Waals surface area (Å²) in [4.78, 5) is 15.7. The first-order chi connectivity index (χ1) is 11.5. The van der Waals surface area contributed by atoms with Crippen molar-refractivity contribution in [2.24, 2.45) is 0 Å². The Balaban J connectivity index is 1.70. The van der Waals surface area contributed by atoms with Crippen molar-refractivity contribution in [3.8, 4) is 16.7 Å². The zero-order valence-electron chi connectivity index (χ0n) is 13.0. The summed E-state index contributed by atoms with van der Waals surface area (Å²) in [7, 11) is 1.32. The van der Waals surface area contributed by atoms with Gasteiger partial charge in [0.1, 0.15) is 11.5 Å². The molecule has 0 aliphatic carbocycles. The minimum absolute atomic E-state index is 0.427. The minimum atomic E-state index is -0.671. The van der Waals surface area contributed by atoms with Crippen LogP contribution in [0.3, 0.4) is 0 Å². The second-order valence-electron chi connectivity index (χ2n) is 4.95. The van der Waals surface area contributed by atoms with Crippen LogP contribution in [0.1, 0.15) is 6.92 Å². The third kappa shape index (κ3) is 3.77. The van der Waals surface area contributed by atoms with Crippen LogP contribution in [0.15, 0.2) is 42.5 Å². The van der Waals surface area contributed by atoms with E-state index in [0.717, 1.165) is 10.2 Å². The van der Waals surface area contributed by atoms with E-state index in [1.807, 2.05) is 12.1 Å². The van der Waals surface area contributed by atoms with Crippen LogP contribution in [0.4, 0.5) is 0 Å². The molecule has 0 radical (unpaired) electrons. The third-order valence-electron chi connectivity index (χ3n) is 3.21. The quantitative estimate of drug-likeness (QED) is 0.616. The molecule has 0 saturated carbocycles. The van der Waals surface area contributed by atoms with E-state index in [-0.39, 0.29) is 0 Å². The molecule has 1 heterocycles. The number of benzene rings is 2. The molecule has 3 rings (SSSR count). The average Bonchev–Trinajstić information content (AvgIpc) is 2.97. The van der Waals surface area contributed by atoms with Crippen molar-refractivity contribution in [2.45, 2.75) is 13.0 Å². The van der Waals surface area contributed by atoms with E-state index < -0.39 is 12.1 Å². The highest BCUT2D eigenvalue weighted by molar-refractivity contribution is 7.20. The predicted octanol–water partition coefficient (Wildman–Crippen LogP) is 4.68. The molecule has 0 unspecified atom stereocenters. The number of methoxy groups -OCH3 is 1. The first kappa shape index (κ1) is 16.5. The topological polar surface area (TPSA) is 57.7 Å². The maximum absolute atomic E-state index is 11.3. The van der Waals surface area contributed by atoms with Gasteiger partial charge in [-0.25, -0.2) is 9.78 Å². The van der Waals surface area contributed by atoms with Crippen LogP contribution >= 0.6 is 22.9 Å². The molecule has 0 fully saturated rings. The molecule has 0 bridgehead atoms. The third-order valence-corrected chi connectivity index (χ3v) is 4.34. The summed E-state index contributed by atoms with van der Waals surface area (Å²) < 4.78 is 16.8. The number of nitrogens with zero attached hydrogens (tertiary/aromatic N) is 1. The van der Waals surface area contributed by atoms with Crippen molar-refractivity contribution in [1.29, 1.82) is 0 Å². The van der Waals surface area contributed by atoms with Crippen LogP contribution in [-0.2, 0) is 9.53 Å². The number of hydrogen-bond donors (Lipinski definition) is 0. The Morgan fingerprint density at radius 2 is 1.88 bits per heavy atom. The van der Waals surface area contributed by atoms with Crippen LogP contribution in [-0.4, -0.2) is 24.2 Å². The molecule has 7 heteroatoms. The lowest BCUT2D eigenvalue weighted by Crippen LogP contribution is -2.24. The Kier molecular flexibility index (Phi) is 4.87. The van der Waals surface area contributed by atoms with E-state index in [0.29, 0.717) is 21.7 Å². The fourth-order valence-electron chi connectivity index (χ4n) is 2.03. The van der Waals surface area contributed by atoms with Gasteiger partial charge in [-0.3, -0.25) is 0 Å². The van der Waals surface area contributed by atoms with Gasteiger partial charge < -0.3 is 14.2 Å². The number of aromatic nitrogens is 1. The maximum Gasteiger partial charge on any atom is 0.346 e. The molecule has 3 aromatic rings. The Bertz CT molecular complexity index is 863. The lowest BCUT2D eigenvalue weighted by atomic mass is 10.3. The van der Waals surface area contributed by atoms with Crippen LogP contribution in [0.25, 0.3) is 10.2 Å². The van der Waals surface area contributed by atoms with Crippen LogP contribution in [0, 0.1) is 0 Å². The molecule has 0 aliphatic rings. The van der Waals surface area contributed by atoms with Gasteiger partial charge in [0.2, 0.25) is 0 Å². The van der Waals surface area contributed by atoms with Crippen LogP contribution in [0.5, 0.6) is 16.7 Å². The van der Waals surface area contributed by atoms with Crippen molar-refractivity contribution >= 4 is 39.1 Å². The molecule has 2 aromatic carbocycles. The van der Waals surface area contributed by atoms with Crippen molar-refractivity contribution in [3.63, 3.8) is 0 Å². The zero-order valence-corrected chi connectivity index (χ0v) is 14.6.